The summed E-state index contributed by atoms with van der Waals surface area (Å²) >= 11 is 0. The minimum absolute atomic E-state index is 0. The van der Waals surface area contributed by atoms with Crippen molar-refractivity contribution < 1.29 is 61.0 Å². The molecule has 3 N–H and O–H groups in total. The fourth-order valence-electron chi connectivity index (χ4n) is 1.02. The van der Waals surface area contributed by atoms with E-state index in [9.17, 15) is 19.8 Å². The summed E-state index contributed by atoms with van der Waals surface area (Å²) in [5.74, 6) is -3.25. The lowest BCUT2D eigenvalue weighted by molar-refractivity contribution is -0.870. The van der Waals surface area contributed by atoms with Gasteiger partial charge >= 0.3 is 0 Å². The van der Waals surface area contributed by atoms with Gasteiger partial charge in [0.15, 0.2) is 0 Å². The van der Waals surface area contributed by atoms with Gasteiger partial charge in [0.25, 0.3) is 0 Å². The molecule has 0 saturated heterocycles. The number of aliphatic hydroxyl groups excluding tert-OH is 3. The zero-order valence-electron chi connectivity index (χ0n) is 19.6. The summed E-state index contributed by atoms with van der Waals surface area (Å²) in [6, 6.07) is 0. The van der Waals surface area contributed by atoms with Crippen molar-refractivity contribution in [1.82, 2.24) is 0 Å². The van der Waals surface area contributed by atoms with Crippen LogP contribution in [-0.2, 0) is 9.59 Å². The number of aliphatic hydroxyl groups is 3. The molecule has 180 valence electrons. The van der Waals surface area contributed by atoms with Gasteiger partial charge in [-0.2, -0.15) is 0 Å². The highest BCUT2D eigenvalue weighted by molar-refractivity contribution is 5.86. The number of carbonyl (C=O) groups excluding carboxylic acids is 2. The molecule has 0 aromatic rings. The van der Waals surface area contributed by atoms with Gasteiger partial charge in [0.05, 0.1) is 83.2 Å². The Labute approximate surface area is 182 Å². The van der Waals surface area contributed by atoms with E-state index < -0.39 is 18.4 Å². The van der Waals surface area contributed by atoms with E-state index >= 15 is 0 Å². The molecule has 0 saturated carbocycles. The maximum absolute atomic E-state index is 9.28. The Morgan fingerprint density at radius 1 is 0.586 bits per heavy atom. The van der Waals surface area contributed by atoms with Gasteiger partial charge in [-0.1, -0.05) is 0 Å². The summed E-state index contributed by atoms with van der Waals surface area (Å²) < 4.78 is 2.53. The van der Waals surface area contributed by atoms with Gasteiger partial charge in [-0.25, -0.2) is 0 Å². The molecule has 0 spiro atoms. The number of carboxylic acid groups (broad SMARTS) is 2. The van der Waals surface area contributed by atoms with Crippen LogP contribution in [0.15, 0.2) is 0 Å². The molecule has 0 aliphatic rings. The molecule has 0 aromatic carbocycles. The third-order valence-corrected chi connectivity index (χ3v) is 2.60. The van der Waals surface area contributed by atoms with E-state index in [0.717, 1.165) is 33.1 Å². The van der Waals surface area contributed by atoms with Crippen LogP contribution < -0.4 is 22.6 Å². The Morgan fingerprint density at radius 3 is 0.759 bits per heavy atom. The molecule has 0 unspecified atom stereocenters. The molecular formula is C18H44ClN3O7. The second-order valence-corrected chi connectivity index (χ2v) is 9.13. The molecule has 0 fully saturated rings. The van der Waals surface area contributed by atoms with Gasteiger partial charge in [0.1, 0.15) is 19.6 Å². The summed E-state index contributed by atoms with van der Waals surface area (Å²) in [5, 5.41) is 43.7. The first-order chi connectivity index (χ1) is 12.3. The molecule has 0 bridgehead atoms. The minimum atomic E-state index is -1.63. The first-order valence-electron chi connectivity index (χ1n) is 8.95. The van der Waals surface area contributed by atoms with Crippen LogP contribution in [0.3, 0.4) is 0 Å². The molecule has 0 amide bonds. The second kappa shape index (κ2) is 20.3. The number of hydrogen-bond acceptors (Lipinski definition) is 7. The van der Waals surface area contributed by atoms with Gasteiger partial charge in [0, 0.05) is 18.4 Å². The van der Waals surface area contributed by atoms with Crippen molar-refractivity contribution in [2.45, 2.75) is 6.42 Å². The number of rotatable bonds is 8. The fourth-order valence-corrected chi connectivity index (χ4v) is 1.02. The van der Waals surface area contributed by atoms with Crippen LogP contribution in [-0.4, -0.2) is 144 Å². The van der Waals surface area contributed by atoms with E-state index in [0.29, 0.717) is 0 Å². The SMILES string of the molecule is C[N+](C)(C)CCO.C[N+](C)(C)CCO.C[N+](C)(C)CCO.O=C([O-])CC(=O)[O-].[Cl-]. The summed E-state index contributed by atoms with van der Waals surface area (Å²) in [7, 11) is 18.5. The standard InChI is InChI=1S/3C5H14NO.C3H4O4.ClH/c3*1-6(2,3)4-5-7;4-2(5)1-3(6)7;/h3*7H,4-5H2,1-3H3;1H2,(H,4,5)(H,6,7);1H/q3*+1;;/p-3. The molecular weight excluding hydrogens is 406 g/mol. The average molecular weight is 450 g/mol. The van der Waals surface area contributed by atoms with Crippen LogP contribution in [0.5, 0.6) is 0 Å². The summed E-state index contributed by atoms with van der Waals surface area (Å²) in [4.78, 5) is 18.6. The Bertz CT molecular complexity index is 340. The zero-order chi connectivity index (χ0) is 23.6. The first-order valence-corrected chi connectivity index (χ1v) is 8.95. The van der Waals surface area contributed by atoms with Crippen LogP contribution in [0.25, 0.3) is 0 Å². The third-order valence-electron chi connectivity index (χ3n) is 2.60. The molecule has 11 heteroatoms. The number of hydrogen-bond donors (Lipinski definition) is 3. The number of carboxylic acids is 2. The van der Waals surface area contributed by atoms with Crippen molar-refractivity contribution >= 4 is 11.9 Å². The van der Waals surface area contributed by atoms with Gasteiger partial charge < -0.3 is 61.0 Å². The molecule has 0 atom stereocenters. The van der Waals surface area contributed by atoms with E-state index in [1.807, 2.05) is 0 Å². The Morgan fingerprint density at radius 2 is 0.759 bits per heavy atom. The molecule has 0 radical (unpaired) electrons. The Kier molecular flexibility index (Phi) is 27.0. The van der Waals surface area contributed by atoms with E-state index in [-0.39, 0.29) is 32.2 Å². The van der Waals surface area contributed by atoms with Gasteiger partial charge in [-0.3, -0.25) is 0 Å². The highest BCUT2D eigenvalue weighted by Gasteiger charge is 2.03. The molecule has 10 nitrogen and oxygen atoms in total. The summed E-state index contributed by atoms with van der Waals surface area (Å²) in [6.07, 6.45) is -1.03. The van der Waals surface area contributed by atoms with Crippen LogP contribution in [0.4, 0.5) is 0 Å². The van der Waals surface area contributed by atoms with Gasteiger partial charge in [0.2, 0.25) is 0 Å². The molecule has 0 heterocycles. The number of likely N-dealkylation sites (N-methyl/N-ethyl adjacent to an activating group) is 3. The van der Waals surface area contributed by atoms with E-state index in [4.69, 9.17) is 15.3 Å². The van der Waals surface area contributed by atoms with Gasteiger partial charge in [-0.05, 0) is 0 Å². The van der Waals surface area contributed by atoms with Crippen molar-refractivity contribution in [2.75, 3.05) is 103 Å². The topological polar surface area (TPSA) is 141 Å². The third kappa shape index (κ3) is 75.0. The number of carbonyl (C=O) groups is 2. The van der Waals surface area contributed by atoms with Crippen molar-refractivity contribution in [3.63, 3.8) is 0 Å². The van der Waals surface area contributed by atoms with E-state index in [1.54, 1.807) is 0 Å². The summed E-state index contributed by atoms with van der Waals surface area (Å²) in [6.45, 7) is 3.34. The number of aliphatic carboxylic acids is 2. The smallest absolute Gasteiger partial charge is 0.101 e. The minimum Gasteiger partial charge on any atom is -1.00 e. The zero-order valence-corrected chi connectivity index (χ0v) is 20.4. The maximum atomic E-state index is 9.28. The molecule has 0 aliphatic heterocycles. The highest BCUT2D eigenvalue weighted by Crippen LogP contribution is 1.85. The predicted octanol–water partition coefficient (Wildman–Crippen LogP) is -7.07. The predicted molar refractivity (Wildman–Crippen MR) is 105 cm³/mol. The first kappa shape index (κ1) is 38.6. The average Bonchev–Trinajstić information content (AvgIpc) is 2.34. The number of quaternary nitrogens is 3. The van der Waals surface area contributed by atoms with Crippen LogP contribution >= 0.6 is 0 Å². The highest BCUT2D eigenvalue weighted by atomic mass is 35.5. The second-order valence-electron chi connectivity index (χ2n) is 9.13. The number of halogens is 1. The Hall–Kier alpha value is -1.01. The quantitative estimate of drug-likeness (QED) is 0.247. The lowest BCUT2D eigenvalue weighted by Gasteiger charge is -2.21. The van der Waals surface area contributed by atoms with Crippen molar-refractivity contribution in [2.24, 2.45) is 0 Å². The van der Waals surface area contributed by atoms with Crippen molar-refractivity contribution in [3.05, 3.63) is 0 Å². The maximum Gasteiger partial charge on any atom is 0.101 e. The molecule has 0 aromatic heterocycles. The molecule has 0 aliphatic carbocycles. The largest absolute Gasteiger partial charge is 1.00 e. The lowest BCUT2D eigenvalue weighted by Crippen LogP contribution is -3.00. The van der Waals surface area contributed by atoms with E-state index in [2.05, 4.69) is 63.4 Å². The summed E-state index contributed by atoms with van der Waals surface area (Å²) in [5.41, 5.74) is 0. The van der Waals surface area contributed by atoms with Crippen molar-refractivity contribution in [1.29, 1.82) is 0 Å². The lowest BCUT2D eigenvalue weighted by atomic mass is 10.5. The van der Waals surface area contributed by atoms with Crippen LogP contribution in [0.2, 0.25) is 0 Å². The Balaban J connectivity index is -0.0000000873. The van der Waals surface area contributed by atoms with Crippen LogP contribution in [0.1, 0.15) is 6.42 Å². The van der Waals surface area contributed by atoms with Gasteiger partial charge in [-0.15, -0.1) is 0 Å². The van der Waals surface area contributed by atoms with Crippen LogP contribution in [0, 0.1) is 0 Å². The normalized spacial score (nSPS) is 10.6. The van der Waals surface area contributed by atoms with E-state index in [1.165, 1.54) is 0 Å². The molecule has 0 rings (SSSR count). The number of nitrogens with zero attached hydrogens (tertiary/aromatic N) is 3. The fraction of sp³-hybridized carbons (Fsp3) is 0.889. The van der Waals surface area contributed by atoms with Crippen molar-refractivity contribution in [3.8, 4) is 0 Å². The monoisotopic (exact) mass is 449 g/mol. The molecule has 29 heavy (non-hydrogen) atoms.